The average Bonchev–Trinajstić information content (AvgIpc) is 2.46. The first-order valence-electron chi connectivity index (χ1n) is 4.27. The van der Waals surface area contributed by atoms with Crippen molar-refractivity contribution in [1.82, 2.24) is 15.1 Å². The van der Waals surface area contributed by atoms with Gasteiger partial charge < -0.3 is 10.6 Å². The van der Waals surface area contributed by atoms with Gasteiger partial charge in [0.15, 0.2) is 0 Å². The van der Waals surface area contributed by atoms with E-state index >= 15 is 0 Å². The molecule has 0 aliphatic heterocycles. The summed E-state index contributed by atoms with van der Waals surface area (Å²) in [5.74, 6) is -0.0203. The molecule has 0 bridgehead atoms. The fraction of sp³-hybridized carbons (Fsp3) is 0.500. The van der Waals surface area contributed by atoms with Crippen LogP contribution < -0.4 is 10.6 Å². The van der Waals surface area contributed by atoms with Gasteiger partial charge in [0.2, 0.25) is 5.91 Å². The number of anilines is 1. The zero-order valence-corrected chi connectivity index (χ0v) is 9.76. The molecule has 0 saturated carbocycles. The van der Waals surface area contributed by atoms with Crippen LogP contribution in [0.5, 0.6) is 0 Å². The normalized spacial score (nSPS) is 10.2. The summed E-state index contributed by atoms with van der Waals surface area (Å²) in [5.41, 5.74) is 0.702. The van der Waals surface area contributed by atoms with Crippen molar-refractivity contribution in [2.75, 3.05) is 18.9 Å². The number of nitrogens with zero attached hydrogens (tertiary/aromatic N) is 2. The van der Waals surface area contributed by atoms with Gasteiger partial charge in [-0.2, -0.15) is 5.10 Å². The Bertz CT molecular complexity index is 323. The Hall–Kier alpha value is -0.880. The zero-order chi connectivity index (χ0) is 10.6. The largest absolute Gasteiger partial charge is 0.322 e. The van der Waals surface area contributed by atoms with Crippen LogP contribution in [-0.2, 0) is 11.8 Å². The standard InChI is InChI=1S/C8H13BrN4O/c1-10-4-3-7(14)12-6-5-11-13(2)8(6)9/h5,10H,3-4H2,1-2H3,(H,12,14). The van der Waals surface area contributed by atoms with E-state index in [0.717, 1.165) is 4.60 Å². The number of amides is 1. The van der Waals surface area contributed by atoms with Crippen LogP contribution in [0.4, 0.5) is 5.69 Å². The molecule has 0 aliphatic carbocycles. The molecule has 0 aliphatic rings. The van der Waals surface area contributed by atoms with E-state index in [9.17, 15) is 4.79 Å². The second-order valence-corrected chi connectivity index (χ2v) is 3.63. The summed E-state index contributed by atoms with van der Waals surface area (Å²) in [6.45, 7) is 0.670. The van der Waals surface area contributed by atoms with Crippen molar-refractivity contribution in [3.8, 4) is 0 Å². The molecule has 0 aromatic carbocycles. The highest BCUT2D eigenvalue weighted by atomic mass is 79.9. The van der Waals surface area contributed by atoms with Gasteiger partial charge >= 0.3 is 0 Å². The fourth-order valence-corrected chi connectivity index (χ4v) is 1.25. The number of aryl methyl sites for hydroxylation is 1. The second-order valence-electron chi connectivity index (χ2n) is 2.87. The van der Waals surface area contributed by atoms with E-state index in [2.05, 4.69) is 31.7 Å². The molecule has 6 heteroatoms. The maximum absolute atomic E-state index is 11.3. The lowest BCUT2D eigenvalue weighted by atomic mass is 10.4. The van der Waals surface area contributed by atoms with Crippen molar-refractivity contribution in [2.45, 2.75) is 6.42 Å². The molecule has 78 valence electrons. The molecule has 0 spiro atoms. The number of hydrogen-bond acceptors (Lipinski definition) is 3. The summed E-state index contributed by atoms with van der Waals surface area (Å²) in [5, 5.41) is 9.66. The van der Waals surface area contributed by atoms with Gasteiger partial charge in [-0.3, -0.25) is 9.48 Å². The molecule has 1 heterocycles. The van der Waals surface area contributed by atoms with Crippen LogP contribution in [0, 0.1) is 0 Å². The number of carbonyl (C=O) groups is 1. The van der Waals surface area contributed by atoms with Crippen LogP contribution in [0.3, 0.4) is 0 Å². The molecule has 1 amide bonds. The van der Waals surface area contributed by atoms with Gasteiger partial charge in [0.25, 0.3) is 0 Å². The number of hydrogen-bond donors (Lipinski definition) is 2. The van der Waals surface area contributed by atoms with Crippen LogP contribution in [0.2, 0.25) is 0 Å². The van der Waals surface area contributed by atoms with Gasteiger partial charge in [-0.25, -0.2) is 0 Å². The monoisotopic (exact) mass is 260 g/mol. The number of nitrogens with one attached hydrogen (secondary N) is 2. The number of rotatable bonds is 4. The van der Waals surface area contributed by atoms with Gasteiger partial charge in [0.05, 0.1) is 11.9 Å². The van der Waals surface area contributed by atoms with Gasteiger partial charge in [-0.05, 0) is 23.0 Å². The van der Waals surface area contributed by atoms with E-state index in [-0.39, 0.29) is 5.91 Å². The van der Waals surface area contributed by atoms with Crippen LogP contribution >= 0.6 is 15.9 Å². The van der Waals surface area contributed by atoms with Crippen LogP contribution in [0.25, 0.3) is 0 Å². The van der Waals surface area contributed by atoms with E-state index in [1.54, 1.807) is 17.9 Å². The van der Waals surface area contributed by atoms with Crippen LogP contribution in [-0.4, -0.2) is 29.3 Å². The minimum absolute atomic E-state index is 0.0203. The lowest BCUT2D eigenvalue weighted by molar-refractivity contribution is -0.116. The predicted molar refractivity (Wildman–Crippen MR) is 58.1 cm³/mol. The average molecular weight is 261 g/mol. The second kappa shape index (κ2) is 5.11. The van der Waals surface area contributed by atoms with E-state index < -0.39 is 0 Å². The third-order valence-corrected chi connectivity index (χ3v) is 2.68. The first kappa shape index (κ1) is 11.2. The third-order valence-electron chi connectivity index (χ3n) is 1.74. The van der Waals surface area contributed by atoms with Crippen molar-refractivity contribution in [1.29, 1.82) is 0 Å². The van der Waals surface area contributed by atoms with Crippen LogP contribution in [0.15, 0.2) is 10.8 Å². The van der Waals surface area contributed by atoms with Crippen molar-refractivity contribution in [3.05, 3.63) is 10.8 Å². The first-order chi connectivity index (χ1) is 6.65. The highest BCUT2D eigenvalue weighted by Gasteiger charge is 2.08. The maximum atomic E-state index is 11.3. The fourth-order valence-electron chi connectivity index (χ4n) is 0.958. The molecule has 1 aromatic rings. The molecule has 0 saturated heterocycles. The Kier molecular flexibility index (Phi) is 4.09. The summed E-state index contributed by atoms with van der Waals surface area (Å²) in [7, 11) is 3.61. The Morgan fingerprint density at radius 1 is 1.71 bits per heavy atom. The van der Waals surface area contributed by atoms with E-state index in [0.29, 0.717) is 18.7 Å². The Morgan fingerprint density at radius 2 is 2.43 bits per heavy atom. The van der Waals surface area contributed by atoms with E-state index in [1.165, 1.54) is 0 Å². The summed E-state index contributed by atoms with van der Waals surface area (Å²) < 4.78 is 2.42. The minimum atomic E-state index is -0.0203. The highest BCUT2D eigenvalue weighted by Crippen LogP contribution is 2.20. The smallest absolute Gasteiger partial charge is 0.225 e. The Morgan fingerprint density at radius 3 is 2.93 bits per heavy atom. The molecule has 14 heavy (non-hydrogen) atoms. The third kappa shape index (κ3) is 2.81. The summed E-state index contributed by atoms with van der Waals surface area (Å²) in [6.07, 6.45) is 2.07. The molecular weight excluding hydrogens is 248 g/mol. The lowest BCUT2D eigenvalue weighted by Gasteiger charge is -2.02. The highest BCUT2D eigenvalue weighted by molar-refractivity contribution is 9.10. The molecule has 0 fully saturated rings. The topological polar surface area (TPSA) is 59.0 Å². The van der Waals surface area contributed by atoms with Gasteiger partial charge in [-0.1, -0.05) is 0 Å². The minimum Gasteiger partial charge on any atom is -0.322 e. The molecular formula is C8H13BrN4O. The van der Waals surface area contributed by atoms with Crippen molar-refractivity contribution < 1.29 is 4.79 Å². The van der Waals surface area contributed by atoms with Crippen molar-refractivity contribution in [2.24, 2.45) is 7.05 Å². The maximum Gasteiger partial charge on any atom is 0.225 e. The quantitative estimate of drug-likeness (QED) is 0.840. The molecule has 0 radical (unpaired) electrons. The van der Waals surface area contributed by atoms with E-state index in [4.69, 9.17) is 0 Å². The number of halogens is 1. The molecule has 0 unspecified atom stereocenters. The van der Waals surface area contributed by atoms with Gasteiger partial charge in [0, 0.05) is 20.0 Å². The molecule has 0 atom stereocenters. The number of aromatic nitrogens is 2. The Labute approximate surface area is 91.0 Å². The Balaban J connectivity index is 2.52. The van der Waals surface area contributed by atoms with Crippen molar-refractivity contribution >= 4 is 27.5 Å². The first-order valence-corrected chi connectivity index (χ1v) is 5.06. The van der Waals surface area contributed by atoms with E-state index in [1.807, 2.05) is 7.05 Å². The van der Waals surface area contributed by atoms with Crippen molar-refractivity contribution in [3.63, 3.8) is 0 Å². The predicted octanol–water partition coefficient (Wildman–Crippen LogP) is 0.731. The van der Waals surface area contributed by atoms with Gasteiger partial charge in [-0.15, -0.1) is 0 Å². The number of carbonyl (C=O) groups excluding carboxylic acids is 1. The molecule has 1 aromatic heterocycles. The summed E-state index contributed by atoms with van der Waals surface area (Å²) in [6, 6.07) is 0. The van der Waals surface area contributed by atoms with Crippen LogP contribution in [0.1, 0.15) is 6.42 Å². The molecule has 2 N–H and O–H groups in total. The summed E-state index contributed by atoms with van der Waals surface area (Å²) in [4.78, 5) is 11.3. The summed E-state index contributed by atoms with van der Waals surface area (Å²) >= 11 is 3.32. The molecule has 5 nitrogen and oxygen atoms in total. The molecule has 1 rings (SSSR count). The SMILES string of the molecule is CNCCC(=O)Nc1cnn(C)c1Br. The lowest BCUT2D eigenvalue weighted by Crippen LogP contribution is -2.18. The van der Waals surface area contributed by atoms with Gasteiger partial charge in [0.1, 0.15) is 4.60 Å². The zero-order valence-electron chi connectivity index (χ0n) is 8.17.